The number of rotatable bonds is 6. The van der Waals surface area contributed by atoms with Gasteiger partial charge in [-0.05, 0) is 31.1 Å². The van der Waals surface area contributed by atoms with E-state index in [4.69, 9.17) is 0 Å². The van der Waals surface area contributed by atoms with Gasteiger partial charge in [-0.25, -0.2) is 4.98 Å². The lowest BCUT2D eigenvalue weighted by Gasteiger charge is -2.31. The molecule has 2 N–H and O–H groups in total. The average molecular weight is 295 g/mol. The Morgan fingerprint density at radius 1 is 1.37 bits per heavy atom. The minimum absolute atomic E-state index is 0.0400. The van der Waals surface area contributed by atoms with E-state index < -0.39 is 5.54 Å². The van der Waals surface area contributed by atoms with Crippen LogP contribution in [0.5, 0.6) is 0 Å². The Morgan fingerprint density at radius 3 is 2.63 bits per heavy atom. The summed E-state index contributed by atoms with van der Waals surface area (Å²) in [6.45, 7) is 1.92. The molecule has 0 aliphatic rings. The number of thioether (sulfide) groups is 1. The van der Waals surface area contributed by atoms with Crippen LogP contribution < -0.4 is 5.32 Å². The lowest BCUT2D eigenvalue weighted by Crippen LogP contribution is -2.45. The van der Waals surface area contributed by atoms with E-state index >= 15 is 0 Å². The van der Waals surface area contributed by atoms with Crippen LogP contribution in [0.1, 0.15) is 11.4 Å². The standard InChI is InChI=1S/C13H17N3OS2/c1-10-15-12(19-16-10)18-9-13(8-17,14-2)11-6-4-3-5-7-11/h3-7,14,17H,8-9H2,1-2H3. The number of nitrogens with one attached hydrogen (secondary N) is 1. The summed E-state index contributed by atoms with van der Waals surface area (Å²) in [6.07, 6.45) is 0. The number of aliphatic hydroxyl groups is 1. The zero-order valence-corrected chi connectivity index (χ0v) is 12.6. The van der Waals surface area contributed by atoms with E-state index in [1.165, 1.54) is 11.5 Å². The number of hydrogen-bond acceptors (Lipinski definition) is 6. The number of benzene rings is 1. The second-order valence-electron chi connectivity index (χ2n) is 4.25. The first-order valence-corrected chi connectivity index (χ1v) is 7.74. The van der Waals surface area contributed by atoms with Crippen molar-refractivity contribution in [3.05, 3.63) is 41.7 Å². The molecule has 2 aromatic rings. The van der Waals surface area contributed by atoms with E-state index in [2.05, 4.69) is 14.7 Å². The predicted molar refractivity (Wildman–Crippen MR) is 79.6 cm³/mol. The van der Waals surface area contributed by atoms with Crippen molar-refractivity contribution in [2.75, 3.05) is 19.4 Å². The number of aryl methyl sites for hydroxylation is 1. The third kappa shape index (κ3) is 3.33. The molecule has 0 radical (unpaired) electrons. The van der Waals surface area contributed by atoms with Gasteiger partial charge in [0.05, 0.1) is 12.1 Å². The Morgan fingerprint density at radius 2 is 2.11 bits per heavy atom. The van der Waals surface area contributed by atoms with Gasteiger partial charge in [-0.15, -0.1) is 0 Å². The van der Waals surface area contributed by atoms with Crippen LogP contribution in [0, 0.1) is 6.92 Å². The van der Waals surface area contributed by atoms with Crippen molar-refractivity contribution in [2.45, 2.75) is 16.8 Å². The van der Waals surface area contributed by atoms with E-state index in [0.29, 0.717) is 5.75 Å². The summed E-state index contributed by atoms with van der Waals surface area (Å²) in [6, 6.07) is 9.99. The molecule has 0 spiro atoms. The van der Waals surface area contributed by atoms with E-state index in [9.17, 15) is 5.11 Å². The fourth-order valence-electron chi connectivity index (χ4n) is 1.79. The van der Waals surface area contributed by atoms with Crippen LogP contribution in [0.3, 0.4) is 0 Å². The van der Waals surface area contributed by atoms with E-state index in [-0.39, 0.29) is 6.61 Å². The molecule has 1 aromatic heterocycles. The highest BCUT2D eigenvalue weighted by atomic mass is 32.2. The lowest BCUT2D eigenvalue weighted by atomic mass is 9.93. The van der Waals surface area contributed by atoms with Crippen LogP contribution >= 0.6 is 23.3 Å². The Balaban J connectivity index is 2.16. The van der Waals surface area contributed by atoms with Crippen molar-refractivity contribution in [1.82, 2.24) is 14.7 Å². The molecule has 1 aromatic carbocycles. The Bertz CT molecular complexity index is 512. The van der Waals surface area contributed by atoms with E-state index in [0.717, 1.165) is 15.7 Å². The van der Waals surface area contributed by atoms with Gasteiger partial charge in [0, 0.05) is 5.75 Å². The number of likely N-dealkylation sites (N-methyl/N-ethyl adjacent to an activating group) is 1. The van der Waals surface area contributed by atoms with Crippen molar-refractivity contribution >= 4 is 23.3 Å². The number of aliphatic hydroxyl groups excluding tert-OH is 1. The normalized spacial score (nSPS) is 14.3. The van der Waals surface area contributed by atoms with Crippen molar-refractivity contribution in [1.29, 1.82) is 0 Å². The van der Waals surface area contributed by atoms with Gasteiger partial charge < -0.3 is 10.4 Å². The van der Waals surface area contributed by atoms with Gasteiger partial charge >= 0.3 is 0 Å². The molecule has 0 aliphatic heterocycles. The van der Waals surface area contributed by atoms with E-state index in [1.807, 2.05) is 44.3 Å². The molecule has 1 atom stereocenters. The molecule has 0 bridgehead atoms. The molecule has 0 aliphatic carbocycles. The SMILES string of the molecule is CNC(CO)(CSc1nc(C)ns1)c1ccccc1. The Kier molecular flexibility index (Phi) is 4.93. The fourth-order valence-corrected chi connectivity index (χ4v) is 3.69. The molecule has 1 unspecified atom stereocenters. The van der Waals surface area contributed by atoms with Gasteiger partial charge in [-0.3, -0.25) is 0 Å². The molecular weight excluding hydrogens is 278 g/mol. The molecule has 19 heavy (non-hydrogen) atoms. The first-order chi connectivity index (χ1) is 9.20. The summed E-state index contributed by atoms with van der Waals surface area (Å²) < 4.78 is 5.10. The number of hydrogen-bond donors (Lipinski definition) is 2. The van der Waals surface area contributed by atoms with Crippen molar-refractivity contribution < 1.29 is 5.11 Å². The first kappa shape index (κ1) is 14.5. The summed E-state index contributed by atoms with van der Waals surface area (Å²) in [5.41, 5.74) is 0.625. The molecule has 0 saturated carbocycles. The van der Waals surface area contributed by atoms with Gasteiger partial charge in [0.15, 0.2) is 4.34 Å². The van der Waals surface area contributed by atoms with Gasteiger partial charge in [0.25, 0.3) is 0 Å². The molecular formula is C13H17N3OS2. The molecule has 0 saturated heterocycles. The maximum atomic E-state index is 9.80. The second kappa shape index (κ2) is 6.47. The molecule has 102 valence electrons. The molecule has 6 heteroatoms. The van der Waals surface area contributed by atoms with Gasteiger partial charge in [-0.2, -0.15) is 4.37 Å². The van der Waals surface area contributed by atoms with Crippen LogP contribution in [0.4, 0.5) is 0 Å². The van der Waals surface area contributed by atoms with Crippen LogP contribution in [-0.4, -0.2) is 33.9 Å². The van der Waals surface area contributed by atoms with Crippen LogP contribution in [0.2, 0.25) is 0 Å². The summed E-state index contributed by atoms with van der Waals surface area (Å²) in [7, 11) is 1.87. The minimum atomic E-state index is -0.453. The third-order valence-corrected chi connectivity index (χ3v) is 5.18. The summed E-state index contributed by atoms with van der Waals surface area (Å²) in [5.74, 6) is 1.50. The zero-order valence-electron chi connectivity index (χ0n) is 11.0. The highest BCUT2D eigenvalue weighted by Gasteiger charge is 2.30. The molecule has 1 heterocycles. The Hall–Kier alpha value is -0.950. The number of nitrogens with zero attached hydrogens (tertiary/aromatic N) is 2. The monoisotopic (exact) mass is 295 g/mol. The highest BCUT2D eigenvalue weighted by molar-refractivity contribution is 8.01. The largest absolute Gasteiger partial charge is 0.394 e. The topological polar surface area (TPSA) is 58.0 Å². The van der Waals surface area contributed by atoms with Crippen LogP contribution in [0.25, 0.3) is 0 Å². The summed E-state index contributed by atoms with van der Waals surface area (Å²) >= 11 is 3.01. The lowest BCUT2D eigenvalue weighted by molar-refractivity contribution is 0.187. The maximum Gasteiger partial charge on any atom is 0.170 e. The zero-order chi connectivity index (χ0) is 13.7. The van der Waals surface area contributed by atoms with E-state index in [1.54, 1.807) is 11.8 Å². The molecule has 0 amide bonds. The van der Waals surface area contributed by atoms with Crippen molar-refractivity contribution in [3.63, 3.8) is 0 Å². The van der Waals surface area contributed by atoms with Crippen LogP contribution in [0.15, 0.2) is 34.7 Å². The average Bonchev–Trinajstić information content (AvgIpc) is 2.88. The van der Waals surface area contributed by atoms with Gasteiger partial charge in [0.1, 0.15) is 5.82 Å². The summed E-state index contributed by atoms with van der Waals surface area (Å²) in [5, 5.41) is 13.0. The smallest absolute Gasteiger partial charge is 0.170 e. The maximum absolute atomic E-state index is 9.80. The van der Waals surface area contributed by atoms with Crippen molar-refractivity contribution in [2.24, 2.45) is 0 Å². The Labute approximate surface area is 121 Å². The molecule has 0 fully saturated rings. The molecule has 4 nitrogen and oxygen atoms in total. The van der Waals surface area contributed by atoms with Gasteiger partial charge in [-0.1, -0.05) is 42.1 Å². The van der Waals surface area contributed by atoms with Gasteiger partial charge in [0.2, 0.25) is 0 Å². The molecule has 2 rings (SSSR count). The highest BCUT2D eigenvalue weighted by Crippen LogP contribution is 2.30. The third-order valence-electron chi connectivity index (χ3n) is 3.03. The predicted octanol–water partition coefficient (Wildman–Crippen LogP) is 2.05. The fraction of sp³-hybridized carbons (Fsp3) is 0.385. The second-order valence-corrected chi connectivity index (χ2v) is 6.23. The van der Waals surface area contributed by atoms with Crippen LogP contribution in [-0.2, 0) is 5.54 Å². The number of aromatic nitrogens is 2. The summed E-state index contributed by atoms with van der Waals surface area (Å²) in [4.78, 5) is 4.34. The quantitative estimate of drug-likeness (QED) is 0.799. The first-order valence-electron chi connectivity index (χ1n) is 5.98. The van der Waals surface area contributed by atoms with Crippen molar-refractivity contribution in [3.8, 4) is 0 Å². The minimum Gasteiger partial charge on any atom is -0.394 e.